The lowest BCUT2D eigenvalue weighted by molar-refractivity contribution is -0.128. The Morgan fingerprint density at radius 3 is 2.47 bits per heavy atom. The number of sulfonamides is 1. The summed E-state index contributed by atoms with van der Waals surface area (Å²) in [5, 5.41) is 2.81. The number of amides is 2. The highest BCUT2D eigenvalue weighted by Gasteiger charge is 2.24. The number of nitrogens with one attached hydrogen (secondary N) is 1. The number of benzene rings is 2. The van der Waals surface area contributed by atoms with Gasteiger partial charge in [-0.2, -0.15) is 0 Å². The zero-order chi connectivity index (χ0) is 23.1. The first-order valence-corrected chi connectivity index (χ1v) is 12.4. The van der Waals surface area contributed by atoms with E-state index in [1.807, 2.05) is 29.2 Å². The first-order chi connectivity index (χ1) is 15.3. The first-order valence-electron chi connectivity index (χ1n) is 10.6. The van der Waals surface area contributed by atoms with Crippen molar-refractivity contribution < 1.29 is 22.7 Å². The number of hydrogen-bond donors (Lipinski definition) is 1. The van der Waals surface area contributed by atoms with Gasteiger partial charge >= 0.3 is 0 Å². The number of rotatable bonds is 10. The number of hydrogen-bond acceptors (Lipinski definition) is 5. The Balaban J connectivity index is 1.70. The number of carbonyl (C=O) groups is 2. The number of nitrogens with zero attached hydrogens (tertiary/aromatic N) is 2. The van der Waals surface area contributed by atoms with Crippen molar-refractivity contribution in [3.05, 3.63) is 59.7 Å². The fourth-order valence-electron chi connectivity index (χ4n) is 3.66. The molecule has 3 rings (SSSR count). The number of para-hydroxylation sites is 2. The Hall–Kier alpha value is -3.07. The van der Waals surface area contributed by atoms with E-state index >= 15 is 0 Å². The molecule has 1 aliphatic heterocycles. The van der Waals surface area contributed by atoms with Crippen LogP contribution in [0.25, 0.3) is 0 Å². The summed E-state index contributed by atoms with van der Waals surface area (Å²) in [6.45, 7) is 3.29. The second kappa shape index (κ2) is 10.5. The van der Waals surface area contributed by atoms with Crippen molar-refractivity contribution in [1.29, 1.82) is 0 Å². The maximum absolute atomic E-state index is 12.7. The van der Waals surface area contributed by atoms with Crippen LogP contribution in [0.5, 0.6) is 5.75 Å². The molecule has 172 valence electrons. The SMILES string of the molecule is CCOc1ccccc1N(CC(=O)NCc1ccccc1CN1CCCC1=O)S(C)(=O)=O. The Kier molecular flexibility index (Phi) is 7.74. The van der Waals surface area contributed by atoms with Crippen LogP contribution in [0.1, 0.15) is 30.9 Å². The lowest BCUT2D eigenvalue weighted by Crippen LogP contribution is -2.40. The Morgan fingerprint density at radius 2 is 1.81 bits per heavy atom. The van der Waals surface area contributed by atoms with E-state index in [-0.39, 0.29) is 19.0 Å². The second-order valence-corrected chi connectivity index (χ2v) is 9.54. The van der Waals surface area contributed by atoms with E-state index < -0.39 is 15.9 Å². The van der Waals surface area contributed by atoms with Crippen LogP contribution >= 0.6 is 0 Å². The van der Waals surface area contributed by atoms with E-state index in [2.05, 4.69) is 5.32 Å². The molecule has 0 aromatic heterocycles. The van der Waals surface area contributed by atoms with Crippen LogP contribution in [0.15, 0.2) is 48.5 Å². The molecule has 32 heavy (non-hydrogen) atoms. The van der Waals surface area contributed by atoms with E-state index in [4.69, 9.17) is 4.74 Å². The van der Waals surface area contributed by atoms with Gasteiger partial charge in [0.25, 0.3) is 0 Å². The van der Waals surface area contributed by atoms with Gasteiger partial charge in [0.05, 0.1) is 18.6 Å². The van der Waals surface area contributed by atoms with E-state index in [0.717, 1.165) is 34.7 Å². The molecule has 0 aliphatic carbocycles. The van der Waals surface area contributed by atoms with E-state index in [1.54, 1.807) is 31.2 Å². The van der Waals surface area contributed by atoms with Crippen LogP contribution in [0.3, 0.4) is 0 Å². The van der Waals surface area contributed by atoms with Gasteiger partial charge in [-0.05, 0) is 36.6 Å². The van der Waals surface area contributed by atoms with Crippen LogP contribution in [-0.4, -0.2) is 51.1 Å². The lowest BCUT2D eigenvalue weighted by Gasteiger charge is -2.24. The zero-order valence-electron chi connectivity index (χ0n) is 18.4. The second-order valence-electron chi connectivity index (χ2n) is 7.63. The Bertz CT molecular complexity index is 1070. The molecule has 9 heteroatoms. The van der Waals surface area contributed by atoms with Crippen LogP contribution < -0.4 is 14.4 Å². The van der Waals surface area contributed by atoms with Crippen molar-refractivity contribution in [2.75, 3.05) is 30.3 Å². The summed E-state index contributed by atoms with van der Waals surface area (Å²) in [5.41, 5.74) is 2.17. The standard InChI is InChI=1S/C23H29N3O5S/c1-3-31-21-12-7-6-11-20(21)26(32(2,29)30)17-22(27)24-15-18-9-4-5-10-19(18)16-25-14-8-13-23(25)28/h4-7,9-12H,3,8,13-17H2,1-2H3,(H,24,27). The highest BCUT2D eigenvalue weighted by molar-refractivity contribution is 7.92. The summed E-state index contributed by atoms with van der Waals surface area (Å²) in [5.74, 6) is 0.100. The topological polar surface area (TPSA) is 96.0 Å². The van der Waals surface area contributed by atoms with E-state index in [9.17, 15) is 18.0 Å². The summed E-state index contributed by atoms with van der Waals surface area (Å²) in [4.78, 5) is 26.5. The zero-order valence-corrected chi connectivity index (χ0v) is 19.2. The minimum absolute atomic E-state index is 0.139. The Morgan fingerprint density at radius 1 is 1.12 bits per heavy atom. The van der Waals surface area contributed by atoms with Gasteiger partial charge in [-0.3, -0.25) is 13.9 Å². The molecule has 0 radical (unpaired) electrons. The molecule has 0 saturated carbocycles. The molecule has 0 unspecified atom stereocenters. The maximum Gasteiger partial charge on any atom is 0.241 e. The average molecular weight is 460 g/mol. The fraction of sp³-hybridized carbons (Fsp3) is 0.391. The number of likely N-dealkylation sites (tertiary alicyclic amines) is 1. The summed E-state index contributed by atoms with van der Waals surface area (Å²) in [6, 6.07) is 14.3. The molecule has 1 N–H and O–H groups in total. The third kappa shape index (κ3) is 6.00. The third-order valence-electron chi connectivity index (χ3n) is 5.25. The summed E-state index contributed by atoms with van der Waals surface area (Å²) in [6.07, 6.45) is 2.50. The van der Waals surface area contributed by atoms with Crippen LogP contribution in [-0.2, 0) is 32.7 Å². The van der Waals surface area contributed by atoms with Crippen LogP contribution in [0, 0.1) is 0 Å². The first kappa shape index (κ1) is 23.6. The Labute approximate surface area is 189 Å². The van der Waals surface area contributed by atoms with Gasteiger partial charge in [-0.15, -0.1) is 0 Å². The number of ether oxygens (including phenoxy) is 1. The quantitative estimate of drug-likeness (QED) is 0.588. The summed E-state index contributed by atoms with van der Waals surface area (Å²) < 4.78 is 31.4. The molecule has 8 nitrogen and oxygen atoms in total. The molecule has 0 atom stereocenters. The van der Waals surface area contributed by atoms with Crippen molar-refractivity contribution in [2.45, 2.75) is 32.9 Å². The van der Waals surface area contributed by atoms with Crippen molar-refractivity contribution in [3.63, 3.8) is 0 Å². The van der Waals surface area contributed by atoms with E-state index in [0.29, 0.717) is 31.0 Å². The molecular weight excluding hydrogens is 430 g/mol. The van der Waals surface area contributed by atoms with Crippen molar-refractivity contribution in [2.24, 2.45) is 0 Å². The van der Waals surface area contributed by atoms with Crippen LogP contribution in [0.2, 0.25) is 0 Å². The third-order valence-corrected chi connectivity index (χ3v) is 6.37. The predicted octanol–water partition coefficient (Wildman–Crippen LogP) is 2.29. The fourth-order valence-corrected chi connectivity index (χ4v) is 4.52. The van der Waals surface area contributed by atoms with Crippen LogP contribution in [0.4, 0.5) is 5.69 Å². The van der Waals surface area contributed by atoms with Gasteiger partial charge in [-0.1, -0.05) is 36.4 Å². The van der Waals surface area contributed by atoms with Crippen molar-refractivity contribution in [3.8, 4) is 5.75 Å². The van der Waals surface area contributed by atoms with Gasteiger partial charge in [-0.25, -0.2) is 8.42 Å². The molecular formula is C23H29N3O5S. The summed E-state index contributed by atoms with van der Waals surface area (Å²) in [7, 11) is -3.72. The van der Waals surface area contributed by atoms with Gasteiger partial charge in [0, 0.05) is 26.1 Å². The maximum atomic E-state index is 12.7. The monoisotopic (exact) mass is 459 g/mol. The smallest absolute Gasteiger partial charge is 0.241 e. The number of anilines is 1. The normalized spacial score (nSPS) is 13.8. The molecule has 1 saturated heterocycles. The van der Waals surface area contributed by atoms with Gasteiger partial charge in [0.1, 0.15) is 12.3 Å². The molecule has 0 spiro atoms. The van der Waals surface area contributed by atoms with Gasteiger partial charge in [0.2, 0.25) is 21.8 Å². The molecule has 1 fully saturated rings. The highest BCUT2D eigenvalue weighted by atomic mass is 32.2. The number of carbonyl (C=O) groups excluding carboxylic acids is 2. The van der Waals surface area contributed by atoms with E-state index in [1.165, 1.54) is 0 Å². The lowest BCUT2D eigenvalue weighted by atomic mass is 10.1. The molecule has 1 heterocycles. The molecule has 1 aliphatic rings. The molecule has 2 aromatic rings. The minimum Gasteiger partial charge on any atom is -0.492 e. The highest BCUT2D eigenvalue weighted by Crippen LogP contribution is 2.29. The molecule has 2 amide bonds. The van der Waals surface area contributed by atoms with Gasteiger partial charge in [0.15, 0.2) is 0 Å². The van der Waals surface area contributed by atoms with Crippen molar-refractivity contribution in [1.82, 2.24) is 10.2 Å². The largest absolute Gasteiger partial charge is 0.492 e. The van der Waals surface area contributed by atoms with Gasteiger partial charge < -0.3 is 15.0 Å². The molecule has 2 aromatic carbocycles. The average Bonchev–Trinajstić information content (AvgIpc) is 3.16. The summed E-state index contributed by atoms with van der Waals surface area (Å²) >= 11 is 0. The minimum atomic E-state index is -3.72. The predicted molar refractivity (Wildman–Crippen MR) is 123 cm³/mol. The molecule has 0 bridgehead atoms. The van der Waals surface area contributed by atoms with Crippen molar-refractivity contribution >= 4 is 27.5 Å².